The summed E-state index contributed by atoms with van der Waals surface area (Å²) in [5.41, 5.74) is 0. The van der Waals surface area contributed by atoms with Crippen LogP contribution in [0.2, 0.25) is 0 Å². The van der Waals surface area contributed by atoms with E-state index in [0.717, 1.165) is 64.2 Å². The highest BCUT2D eigenvalue weighted by Crippen LogP contribution is 2.13. The van der Waals surface area contributed by atoms with Gasteiger partial charge in [0.15, 0.2) is 6.10 Å². The van der Waals surface area contributed by atoms with Gasteiger partial charge in [-0.05, 0) is 116 Å². The lowest BCUT2D eigenvalue weighted by Crippen LogP contribution is -2.30. The van der Waals surface area contributed by atoms with E-state index in [1.54, 1.807) is 0 Å². The zero-order valence-corrected chi connectivity index (χ0v) is 44.8. The number of esters is 3. The maximum absolute atomic E-state index is 12.8. The summed E-state index contributed by atoms with van der Waals surface area (Å²) in [5.74, 6) is -1.07. The minimum absolute atomic E-state index is 0.125. The van der Waals surface area contributed by atoms with E-state index in [0.29, 0.717) is 19.3 Å². The van der Waals surface area contributed by atoms with Gasteiger partial charge in [-0.2, -0.15) is 0 Å². The molecule has 0 aromatic heterocycles. The maximum atomic E-state index is 12.8. The van der Waals surface area contributed by atoms with Gasteiger partial charge in [0.25, 0.3) is 0 Å². The molecule has 0 aliphatic heterocycles. The Morgan fingerprint density at radius 3 is 1.00 bits per heavy atom. The van der Waals surface area contributed by atoms with Crippen molar-refractivity contribution < 1.29 is 28.6 Å². The normalized spacial score (nSPS) is 12.9. The van der Waals surface area contributed by atoms with E-state index < -0.39 is 6.10 Å². The van der Waals surface area contributed by atoms with Crippen LogP contribution in [0.5, 0.6) is 0 Å². The van der Waals surface area contributed by atoms with Gasteiger partial charge in [-0.1, -0.05) is 226 Å². The first-order valence-electron chi connectivity index (χ1n) is 28.4. The van der Waals surface area contributed by atoms with E-state index in [4.69, 9.17) is 14.2 Å². The molecular formula is C63H104O6. The van der Waals surface area contributed by atoms with Crippen LogP contribution in [0.25, 0.3) is 0 Å². The van der Waals surface area contributed by atoms with Crippen molar-refractivity contribution in [3.63, 3.8) is 0 Å². The average Bonchev–Trinajstić information content (AvgIpc) is 3.35. The molecule has 0 radical (unpaired) electrons. The van der Waals surface area contributed by atoms with Crippen LogP contribution in [-0.2, 0) is 28.6 Å². The molecule has 0 aliphatic carbocycles. The molecule has 0 rings (SSSR count). The Kier molecular flexibility index (Phi) is 53.4. The molecule has 0 bridgehead atoms. The smallest absolute Gasteiger partial charge is 0.306 e. The highest BCUT2D eigenvalue weighted by atomic mass is 16.6. The Morgan fingerprint density at radius 1 is 0.290 bits per heavy atom. The fourth-order valence-electron chi connectivity index (χ4n) is 7.43. The van der Waals surface area contributed by atoms with E-state index in [1.807, 2.05) is 6.08 Å². The number of allylic oxidation sites excluding steroid dienone is 18. The molecule has 6 heteroatoms. The lowest BCUT2D eigenvalue weighted by molar-refractivity contribution is -0.166. The third-order valence-electron chi connectivity index (χ3n) is 11.7. The Bertz CT molecular complexity index is 1420. The van der Waals surface area contributed by atoms with Gasteiger partial charge in [0.2, 0.25) is 0 Å². The molecule has 0 aliphatic rings. The summed E-state index contributed by atoms with van der Waals surface area (Å²) in [6.07, 6.45) is 76.6. The first-order chi connectivity index (χ1) is 34.0. The second-order valence-electron chi connectivity index (χ2n) is 18.5. The number of ether oxygens (including phenoxy) is 3. The molecule has 6 nitrogen and oxygen atoms in total. The van der Waals surface area contributed by atoms with Gasteiger partial charge in [0, 0.05) is 19.3 Å². The molecular weight excluding hydrogens is 853 g/mol. The average molecular weight is 958 g/mol. The van der Waals surface area contributed by atoms with Crippen molar-refractivity contribution in [3.8, 4) is 0 Å². The van der Waals surface area contributed by atoms with Gasteiger partial charge in [-0.15, -0.1) is 0 Å². The van der Waals surface area contributed by atoms with E-state index in [2.05, 4.69) is 124 Å². The number of rotatable bonds is 50. The van der Waals surface area contributed by atoms with Crippen molar-refractivity contribution in [3.05, 3.63) is 109 Å². The van der Waals surface area contributed by atoms with Gasteiger partial charge in [-0.3, -0.25) is 14.4 Å². The topological polar surface area (TPSA) is 78.9 Å². The van der Waals surface area contributed by atoms with E-state index in [1.165, 1.54) is 135 Å². The van der Waals surface area contributed by atoms with Gasteiger partial charge in [0.05, 0.1) is 0 Å². The number of unbranched alkanes of at least 4 members (excludes halogenated alkanes) is 21. The predicted molar refractivity (Wildman–Crippen MR) is 297 cm³/mol. The molecule has 1 atom stereocenters. The van der Waals surface area contributed by atoms with Crippen LogP contribution in [0.3, 0.4) is 0 Å². The SMILES string of the molecule is CCCCC/C=C\C/C=C\C/C=C\C/C=C\C/C=C\CCC(=O)OC[C@H](COC(=O)CCCCCCCCC/C=C\CCCCCC)OC(=O)CCC/C=C\C/C=C\C/C=C\CCCCCCCC. The van der Waals surface area contributed by atoms with Crippen molar-refractivity contribution in [1.29, 1.82) is 0 Å². The van der Waals surface area contributed by atoms with Crippen LogP contribution in [0, 0.1) is 0 Å². The second kappa shape index (κ2) is 56.7. The van der Waals surface area contributed by atoms with Crippen LogP contribution in [-0.4, -0.2) is 37.2 Å². The highest BCUT2D eigenvalue weighted by Gasteiger charge is 2.19. The molecule has 0 unspecified atom stereocenters. The Labute approximate surface area is 425 Å². The largest absolute Gasteiger partial charge is 0.462 e. The number of carbonyl (C=O) groups is 3. The number of hydrogen-bond donors (Lipinski definition) is 0. The lowest BCUT2D eigenvalue weighted by atomic mass is 10.1. The van der Waals surface area contributed by atoms with Crippen LogP contribution in [0.1, 0.15) is 252 Å². The first-order valence-corrected chi connectivity index (χ1v) is 28.4. The lowest BCUT2D eigenvalue weighted by Gasteiger charge is -2.18. The Hall–Kier alpha value is -3.93. The molecule has 0 fully saturated rings. The van der Waals surface area contributed by atoms with Gasteiger partial charge < -0.3 is 14.2 Å². The molecule has 0 N–H and O–H groups in total. The van der Waals surface area contributed by atoms with Crippen molar-refractivity contribution in [2.24, 2.45) is 0 Å². The molecule has 0 saturated carbocycles. The van der Waals surface area contributed by atoms with Crippen molar-refractivity contribution in [1.82, 2.24) is 0 Å². The molecule has 392 valence electrons. The van der Waals surface area contributed by atoms with Crippen molar-refractivity contribution in [2.45, 2.75) is 258 Å². The fraction of sp³-hybridized carbons (Fsp3) is 0.667. The third kappa shape index (κ3) is 54.9. The molecule has 0 heterocycles. The zero-order valence-electron chi connectivity index (χ0n) is 44.8. The molecule has 69 heavy (non-hydrogen) atoms. The highest BCUT2D eigenvalue weighted by molar-refractivity contribution is 5.71. The van der Waals surface area contributed by atoms with Crippen molar-refractivity contribution in [2.75, 3.05) is 13.2 Å². The van der Waals surface area contributed by atoms with E-state index in [-0.39, 0.29) is 44.0 Å². The second-order valence-corrected chi connectivity index (χ2v) is 18.5. The summed E-state index contributed by atoms with van der Waals surface area (Å²) in [6, 6.07) is 0. The monoisotopic (exact) mass is 957 g/mol. The zero-order chi connectivity index (χ0) is 50.0. The minimum Gasteiger partial charge on any atom is -0.462 e. The third-order valence-corrected chi connectivity index (χ3v) is 11.7. The van der Waals surface area contributed by atoms with Crippen LogP contribution in [0.4, 0.5) is 0 Å². The van der Waals surface area contributed by atoms with Crippen LogP contribution >= 0.6 is 0 Å². The summed E-state index contributed by atoms with van der Waals surface area (Å²) in [6.45, 7) is 6.48. The molecule has 0 saturated heterocycles. The molecule has 0 aromatic carbocycles. The molecule has 0 amide bonds. The first kappa shape index (κ1) is 65.1. The van der Waals surface area contributed by atoms with E-state index >= 15 is 0 Å². The maximum Gasteiger partial charge on any atom is 0.306 e. The quantitative estimate of drug-likeness (QED) is 0.0262. The summed E-state index contributed by atoms with van der Waals surface area (Å²) in [4.78, 5) is 38.1. The summed E-state index contributed by atoms with van der Waals surface area (Å²) >= 11 is 0. The molecule has 0 spiro atoms. The van der Waals surface area contributed by atoms with E-state index in [9.17, 15) is 14.4 Å². The molecule has 0 aromatic rings. The fourth-order valence-corrected chi connectivity index (χ4v) is 7.43. The standard InChI is InChI=1S/C63H104O6/c1-4-7-10-13-16-19-22-25-28-30-31-33-35-38-41-44-47-50-53-56-62(65)68-59-60(58-67-61(64)55-52-49-46-43-40-37-34-27-24-21-18-15-12-9-6-3)69-63(66)57-54-51-48-45-42-39-36-32-29-26-23-20-17-14-11-8-5-2/h16,19,21,24-26,28-29,31,33,36,38-39,41,45,47-48,50,60H,4-15,17-18,20,22-23,27,30,32,34-35,37,40,42-44,46,49,51-59H2,1-3H3/b19-16-,24-21-,28-25-,29-26-,33-31-,39-36-,41-38-,48-45-,50-47-/t60-/m0/s1. The van der Waals surface area contributed by atoms with Gasteiger partial charge in [0.1, 0.15) is 13.2 Å². The number of hydrogen-bond acceptors (Lipinski definition) is 6. The van der Waals surface area contributed by atoms with Crippen LogP contribution in [0.15, 0.2) is 109 Å². The predicted octanol–water partition coefficient (Wildman–Crippen LogP) is 19.1. The van der Waals surface area contributed by atoms with Crippen molar-refractivity contribution >= 4 is 17.9 Å². The van der Waals surface area contributed by atoms with Gasteiger partial charge >= 0.3 is 17.9 Å². The Morgan fingerprint density at radius 2 is 0.565 bits per heavy atom. The number of carbonyl (C=O) groups excluding carboxylic acids is 3. The van der Waals surface area contributed by atoms with Gasteiger partial charge in [-0.25, -0.2) is 0 Å². The Balaban J connectivity index is 4.59. The minimum atomic E-state index is -0.838. The van der Waals surface area contributed by atoms with Crippen LogP contribution < -0.4 is 0 Å². The summed E-state index contributed by atoms with van der Waals surface area (Å²) in [5, 5.41) is 0. The summed E-state index contributed by atoms with van der Waals surface area (Å²) in [7, 11) is 0. The summed E-state index contributed by atoms with van der Waals surface area (Å²) < 4.78 is 16.7.